The van der Waals surface area contributed by atoms with Gasteiger partial charge in [-0.3, -0.25) is 0 Å². The summed E-state index contributed by atoms with van der Waals surface area (Å²) >= 11 is 3.39. The number of ketones is 1. The molecule has 0 N–H and O–H groups in total. The third-order valence-corrected chi connectivity index (χ3v) is 7.06. The van der Waals surface area contributed by atoms with E-state index in [1.165, 1.54) is 4.90 Å². The second-order valence-corrected chi connectivity index (χ2v) is 8.24. The quantitative estimate of drug-likeness (QED) is 0.273. The summed E-state index contributed by atoms with van der Waals surface area (Å²) in [5, 5.41) is 0. The van der Waals surface area contributed by atoms with Gasteiger partial charge in [0.05, 0.1) is 0 Å². The number of likely N-dealkylation sites (tertiary alicyclic amines) is 1. The zero-order chi connectivity index (χ0) is 15.9. The van der Waals surface area contributed by atoms with Gasteiger partial charge < -0.3 is 0 Å². The van der Waals surface area contributed by atoms with Crippen molar-refractivity contribution in [3.05, 3.63) is 48.7 Å². The summed E-state index contributed by atoms with van der Waals surface area (Å²) < 4.78 is 3.93. The first-order valence-electron chi connectivity index (χ1n) is 6.88. The van der Waals surface area contributed by atoms with Gasteiger partial charge >= 0.3 is 168 Å². The van der Waals surface area contributed by atoms with Crippen LogP contribution in [0, 0.1) is 0 Å². The van der Waals surface area contributed by atoms with Gasteiger partial charge in [-0.05, 0) is 0 Å². The van der Waals surface area contributed by atoms with Crippen LogP contribution < -0.4 is 0 Å². The predicted molar refractivity (Wildman–Crippen MR) is 91.0 cm³/mol. The molecule has 1 aliphatic heterocycles. The topological polar surface area (TPSA) is 37.4 Å². The Morgan fingerprint density at radius 1 is 1.14 bits per heavy atom. The summed E-state index contributed by atoms with van der Waals surface area (Å²) in [4.78, 5) is 27.5. The van der Waals surface area contributed by atoms with Crippen LogP contribution >= 0.6 is 11.8 Å². The number of carbonyl (C=O) groups excluding carboxylic acids is 2. The molecule has 1 saturated heterocycles. The summed E-state index contributed by atoms with van der Waals surface area (Å²) in [5.74, 6) is 1.05. The Bertz CT molecular complexity index is 590. The average Bonchev–Trinajstić information content (AvgIpc) is 2.56. The van der Waals surface area contributed by atoms with Gasteiger partial charge in [0, 0.05) is 0 Å². The van der Waals surface area contributed by atoms with Crippen LogP contribution in [0.2, 0.25) is 0 Å². The Kier molecular flexibility index (Phi) is 7.82. The van der Waals surface area contributed by atoms with Gasteiger partial charge in [0.25, 0.3) is 0 Å². The maximum absolute atomic E-state index is 12.4. The van der Waals surface area contributed by atoms with E-state index in [9.17, 15) is 9.59 Å². The molecule has 0 aromatic heterocycles. The van der Waals surface area contributed by atoms with Crippen LogP contribution in [0.3, 0.4) is 0 Å². The van der Waals surface area contributed by atoms with Gasteiger partial charge in [0.15, 0.2) is 0 Å². The van der Waals surface area contributed by atoms with Crippen molar-refractivity contribution in [2.24, 2.45) is 0 Å². The van der Waals surface area contributed by atoms with E-state index < -0.39 is 0 Å². The van der Waals surface area contributed by atoms with Gasteiger partial charge in [0.1, 0.15) is 0 Å². The zero-order valence-electron chi connectivity index (χ0n) is 12.0. The molecule has 22 heavy (non-hydrogen) atoms. The summed E-state index contributed by atoms with van der Waals surface area (Å²) in [6, 6.07) is 10.1. The van der Waals surface area contributed by atoms with Crippen LogP contribution in [-0.4, -0.2) is 87.0 Å². The number of carbonyl (C=O) groups is 2. The molecule has 1 heterocycles. The molecule has 0 saturated carbocycles. The van der Waals surface area contributed by atoms with Crippen LogP contribution in [0.4, 0.5) is 0 Å². The second kappa shape index (κ2) is 9.36. The van der Waals surface area contributed by atoms with Crippen molar-refractivity contribution in [3.63, 3.8) is 0 Å². The number of nitrogens with zero attached hydrogens (tertiary/aromatic N) is 1. The van der Waals surface area contributed by atoms with Crippen molar-refractivity contribution >= 4 is 75.0 Å². The van der Waals surface area contributed by atoms with E-state index in [2.05, 4.69) is 12.1 Å². The van der Waals surface area contributed by atoms with E-state index in [0.29, 0.717) is 19.5 Å². The van der Waals surface area contributed by atoms with Crippen molar-refractivity contribution in [2.75, 3.05) is 18.8 Å². The summed E-state index contributed by atoms with van der Waals surface area (Å²) in [6.07, 6.45) is 0.511. The first-order valence-corrected chi connectivity index (χ1v) is 12.4. The van der Waals surface area contributed by atoms with Crippen LogP contribution in [0.1, 0.15) is 6.42 Å². The fourth-order valence-corrected chi connectivity index (χ4v) is 4.74. The van der Waals surface area contributed by atoms with Crippen molar-refractivity contribution in [2.45, 2.75) is 11.3 Å². The fourth-order valence-electron chi connectivity index (χ4n) is 2.15. The van der Waals surface area contributed by atoms with Crippen molar-refractivity contribution in [1.29, 1.82) is 0 Å². The number of hydrogen-bond donors (Lipinski definition) is 0. The third-order valence-electron chi connectivity index (χ3n) is 3.33. The Balaban J connectivity index is 1.91. The van der Waals surface area contributed by atoms with Gasteiger partial charge in [0.2, 0.25) is 0 Å². The van der Waals surface area contributed by atoms with Crippen molar-refractivity contribution in [3.8, 4) is 0 Å². The number of piperidine rings is 1. The first-order chi connectivity index (χ1) is 10.7. The first kappa shape index (κ1) is 18.4. The van der Waals surface area contributed by atoms with E-state index in [1.807, 2.05) is 30.4 Å². The molecule has 1 fully saturated rings. The Labute approximate surface area is 167 Å². The van der Waals surface area contributed by atoms with Crippen molar-refractivity contribution in [1.82, 2.24) is 4.90 Å². The predicted octanol–water partition coefficient (Wildman–Crippen LogP) is 1.68. The molecule has 0 unspecified atom stereocenters. The minimum absolute atomic E-state index is 0.137. The molecule has 3 nitrogen and oxygen atoms in total. The van der Waals surface area contributed by atoms with E-state index in [1.54, 1.807) is 11.8 Å². The normalized spacial score (nSPS) is 19.0. The van der Waals surface area contributed by atoms with Gasteiger partial charge in [-0.2, -0.15) is 0 Å². The number of hydrogen-bond acceptors (Lipinski definition) is 3. The fraction of sp³-hybridized carbons (Fsp3) is 0.250. The average molecular weight is 700 g/mol. The van der Waals surface area contributed by atoms with Gasteiger partial charge in [-0.15, -0.1) is 0 Å². The molecule has 0 aliphatic carbocycles. The number of benzene rings is 1. The van der Waals surface area contributed by atoms with Crippen LogP contribution in [0.25, 0.3) is 0 Å². The molecular formula is C16H15NO2Pb2S. The van der Waals surface area contributed by atoms with E-state index in [4.69, 9.17) is 0 Å². The molecule has 1 aromatic rings. The molecule has 2 rings (SSSR count). The zero-order valence-corrected chi connectivity index (χ0v) is 20.6. The molecule has 110 valence electrons. The maximum atomic E-state index is 12.4. The van der Waals surface area contributed by atoms with E-state index in [-0.39, 0.29) is 11.7 Å². The van der Waals surface area contributed by atoms with Crippen LogP contribution in [-0.2, 0) is 9.59 Å². The molecule has 0 atom stereocenters. The Morgan fingerprint density at radius 3 is 2.27 bits per heavy atom. The molecule has 0 bridgehead atoms. The second-order valence-electron chi connectivity index (χ2n) is 4.83. The van der Waals surface area contributed by atoms with Gasteiger partial charge in [-0.25, -0.2) is 0 Å². The van der Waals surface area contributed by atoms with E-state index >= 15 is 0 Å². The summed E-state index contributed by atoms with van der Waals surface area (Å²) in [7, 11) is 0. The monoisotopic (exact) mass is 701 g/mol. The molecule has 0 spiro atoms. The molecule has 1 amide bonds. The summed E-state index contributed by atoms with van der Waals surface area (Å²) in [6.45, 7) is 0.964. The van der Waals surface area contributed by atoms with Crippen LogP contribution in [0.15, 0.2) is 53.6 Å². The van der Waals surface area contributed by atoms with E-state index in [0.717, 1.165) is 68.4 Å². The number of Topliss-reactive ketones (excluding diaryl/α,β-unsaturated/α-hetero) is 1. The molecule has 1 aromatic carbocycles. The number of amides is 1. The number of rotatable bonds is 4. The van der Waals surface area contributed by atoms with Crippen LogP contribution in [0.5, 0.6) is 0 Å². The molecular weight excluding hydrogens is 685 g/mol. The summed E-state index contributed by atoms with van der Waals surface area (Å²) in [5.41, 5.74) is 1.59. The number of thioether (sulfide) groups is 1. The molecule has 6 radical (unpaired) electrons. The van der Waals surface area contributed by atoms with Crippen molar-refractivity contribution < 1.29 is 9.59 Å². The molecule has 6 heteroatoms. The standard InChI is InChI=1S/C16H15NO2S.2Pb/c1-12-10-17(11-13(2)16(12)19)15(18)8-9-20-14-6-4-3-5-7-14;;/h1-7H,8-11H2;;. The van der Waals surface area contributed by atoms with Gasteiger partial charge in [-0.1, -0.05) is 0 Å². The minimum atomic E-state index is 0.137. The third kappa shape index (κ3) is 5.02. The SMILES string of the molecule is O=C1/C(=[CH]/[Pb])CN(C(=O)CCSc2ccccc2)C/C1=[CH]\[Pb]. The molecule has 1 aliphatic rings. The Hall–Kier alpha value is 0.0342. The Morgan fingerprint density at radius 2 is 1.73 bits per heavy atom.